The fraction of sp³-hybridized carbons (Fsp3) is 0.552. The summed E-state index contributed by atoms with van der Waals surface area (Å²) in [7, 11) is 0. The maximum absolute atomic E-state index is 14.5. The van der Waals surface area contributed by atoms with Crippen molar-refractivity contribution >= 4 is 29.5 Å². The van der Waals surface area contributed by atoms with Crippen LogP contribution in [0.2, 0.25) is 0 Å². The highest BCUT2D eigenvalue weighted by Crippen LogP contribution is 2.69. The van der Waals surface area contributed by atoms with Crippen molar-refractivity contribution in [2.24, 2.45) is 17.8 Å². The average Bonchev–Trinajstić information content (AvgIpc) is 3.49. The lowest BCUT2D eigenvalue weighted by Crippen LogP contribution is -2.59. The van der Waals surface area contributed by atoms with Gasteiger partial charge in [0.25, 0.3) is 0 Å². The summed E-state index contributed by atoms with van der Waals surface area (Å²) in [5.74, 6) is -1.96. The Balaban J connectivity index is 1.75. The van der Waals surface area contributed by atoms with Crippen LogP contribution < -0.4 is 0 Å². The van der Waals surface area contributed by atoms with Gasteiger partial charge in [-0.3, -0.25) is 14.4 Å². The van der Waals surface area contributed by atoms with Crippen LogP contribution in [0.5, 0.6) is 0 Å². The molecule has 0 aliphatic carbocycles. The summed E-state index contributed by atoms with van der Waals surface area (Å²) in [6.45, 7) is 12.2. The number of aliphatic hydroxyl groups is 1. The number of hydrogen-bond donors (Lipinski definition) is 1. The zero-order chi connectivity index (χ0) is 26.7. The highest BCUT2D eigenvalue weighted by Gasteiger charge is 2.77. The van der Waals surface area contributed by atoms with E-state index in [1.807, 2.05) is 37.3 Å². The second-order valence-corrected chi connectivity index (χ2v) is 11.8. The first kappa shape index (κ1) is 27.5. The van der Waals surface area contributed by atoms with E-state index in [0.29, 0.717) is 25.9 Å². The molecule has 3 aliphatic rings. The molecule has 1 aromatic carbocycles. The largest absolute Gasteiger partial charge is 0.465 e. The molecular weight excluding hydrogens is 488 g/mol. The van der Waals surface area contributed by atoms with Gasteiger partial charge in [0.05, 0.1) is 35.8 Å². The van der Waals surface area contributed by atoms with Gasteiger partial charge in [0.1, 0.15) is 6.04 Å². The third kappa shape index (κ3) is 4.63. The van der Waals surface area contributed by atoms with Crippen LogP contribution in [-0.4, -0.2) is 74.5 Å². The predicted molar refractivity (Wildman–Crippen MR) is 144 cm³/mol. The van der Waals surface area contributed by atoms with E-state index in [2.05, 4.69) is 20.1 Å². The Morgan fingerprint density at radius 3 is 2.65 bits per heavy atom. The molecule has 200 valence electrons. The van der Waals surface area contributed by atoms with Crippen LogP contribution in [0, 0.1) is 17.8 Å². The van der Waals surface area contributed by atoms with Crippen LogP contribution in [0.15, 0.2) is 55.6 Å². The molecule has 0 aromatic heterocycles. The van der Waals surface area contributed by atoms with Crippen molar-refractivity contribution in [2.75, 3.05) is 19.8 Å². The van der Waals surface area contributed by atoms with E-state index in [0.717, 1.165) is 12.0 Å². The number of thioether (sulfide) groups is 1. The maximum Gasteiger partial charge on any atom is 0.310 e. The van der Waals surface area contributed by atoms with Gasteiger partial charge in [0, 0.05) is 18.3 Å². The van der Waals surface area contributed by atoms with Crippen molar-refractivity contribution in [2.45, 2.75) is 61.7 Å². The smallest absolute Gasteiger partial charge is 0.310 e. The van der Waals surface area contributed by atoms with Gasteiger partial charge in [-0.25, -0.2) is 0 Å². The van der Waals surface area contributed by atoms with Crippen molar-refractivity contribution in [1.29, 1.82) is 0 Å². The first-order chi connectivity index (χ1) is 17.8. The summed E-state index contributed by atoms with van der Waals surface area (Å²) in [5.41, 5.74) is 0.983. The summed E-state index contributed by atoms with van der Waals surface area (Å²) in [5, 5.41) is 10.2. The van der Waals surface area contributed by atoms with Crippen LogP contribution in [0.4, 0.5) is 0 Å². The summed E-state index contributed by atoms with van der Waals surface area (Å²) < 4.78 is 4.81. The highest BCUT2D eigenvalue weighted by atomic mass is 32.2. The van der Waals surface area contributed by atoms with Crippen LogP contribution in [0.25, 0.3) is 0 Å². The molecule has 3 heterocycles. The van der Waals surface area contributed by atoms with Gasteiger partial charge in [-0.2, -0.15) is 0 Å². The molecule has 1 N–H and O–H groups in total. The van der Waals surface area contributed by atoms with Crippen LogP contribution in [0.3, 0.4) is 0 Å². The van der Waals surface area contributed by atoms with Gasteiger partial charge in [-0.15, -0.1) is 24.9 Å². The van der Waals surface area contributed by atoms with Gasteiger partial charge in [-0.1, -0.05) is 56.3 Å². The molecule has 1 aromatic rings. The summed E-state index contributed by atoms with van der Waals surface area (Å²) in [6.07, 6.45) is 5.18. The second kappa shape index (κ2) is 11.4. The monoisotopic (exact) mass is 526 g/mol. The standard InChI is InChI=1S/C29H38N2O5S/c1-5-8-15-36-28(35)23-22-16-19(4)29(37-22)24(23)26(33)31(21(7-3)18-32)25(29)27(34)30(14-6-2)17-20-12-10-9-11-13-20/h5-6,9-13,19,21-25,32H,1-2,7-8,14-18H2,3-4H3/t19?,21-,22-,23+,24-,25?,29?/m0/s1. The zero-order valence-corrected chi connectivity index (χ0v) is 22.6. The summed E-state index contributed by atoms with van der Waals surface area (Å²) in [4.78, 5) is 45.2. The van der Waals surface area contributed by atoms with E-state index in [4.69, 9.17) is 4.74 Å². The van der Waals surface area contributed by atoms with Crippen molar-refractivity contribution < 1.29 is 24.2 Å². The first-order valence-electron chi connectivity index (χ1n) is 13.2. The molecule has 3 fully saturated rings. The lowest BCUT2D eigenvalue weighted by Gasteiger charge is -2.42. The van der Waals surface area contributed by atoms with Crippen LogP contribution >= 0.6 is 11.8 Å². The summed E-state index contributed by atoms with van der Waals surface area (Å²) in [6, 6.07) is 8.46. The topological polar surface area (TPSA) is 87.2 Å². The number of amides is 2. The van der Waals surface area contributed by atoms with Crippen molar-refractivity contribution in [3.05, 3.63) is 61.2 Å². The van der Waals surface area contributed by atoms with Crippen LogP contribution in [0.1, 0.15) is 38.7 Å². The molecule has 7 atom stereocenters. The number of hydrogen-bond acceptors (Lipinski definition) is 6. The third-order valence-corrected chi connectivity index (χ3v) is 10.3. The molecule has 7 nitrogen and oxygen atoms in total. The second-order valence-electron chi connectivity index (χ2n) is 10.3. The number of benzene rings is 1. The number of rotatable bonds is 12. The van der Waals surface area contributed by atoms with E-state index < -0.39 is 28.7 Å². The number of fused-ring (bicyclic) bond motifs is 1. The SMILES string of the molecule is C=CCCOC(=O)[C@@H]1[C@@H]2CC(C)C3(S2)C(C(=O)N(CC=C)Cc2ccccc2)N([C@@H](CC)CO)C(=O)[C@H]13. The maximum atomic E-state index is 14.5. The molecule has 0 saturated carbocycles. The fourth-order valence-electron chi connectivity index (χ4n) is 6.52. The molecule has 3 unspecified atom stereocenters. The Bertz CT molecular complexity index is 1030. The molecule has 3 aliphatic heterocycles. The van der Waals surface area contributed by atoms with Crippen molar-refractivity contribution in [1.82, 2.24) is 9.80 Å². The lowest BCUT2D eigenvalue weighted by atomic mass is 9.66. The molecule has 2 amide bonds. The molecule has 2 bridgehead atoms. The number of esters is 1. The summed E-state index contributed by atoms with van der Waals surface area (Å²) >= 11 is 1.62. The predicted octanol–water partition coefficient (Wildman–Crippen LogP) is 3.43. The third-order valence-electron chi connectivity index (χ3n) is 8.21. The molecule has 0 radical (unpaired) electrons. The average molecular weight is 527 g/mol. The molecule has 1 spiro atoms. The minimum Gasteiger partial charge on any atom is -0.465 e. The Labute approximate surface area is 223 Å². The molecule has 3 saturated heterocycles. The van der Waals surface area contributed by atoms with Gasteiger partial charge >= 0.3 is 5.97 Å². The molecule has 37 heavy (non-hydrogen) atoms. The number of likely N-dealkylation sites (tertiary alicyclic amines) is 1. The number of carbonyl (C=O) groups is 3. The van der Waals surface area contributed by atoms with Crippen molar-refractivity contribution in [3.63, 3.8) is 0 Å². The molecule has 8 heteroatoms. The molecular formula is C29H38N2O5S. The highest BCUT2D eigenvalue weighted by molar-refractivity contribution is 8.02. The lowest BCUT2D eigenvalue weighted by molar-refractivity contribution is -0.155. The normalized spacial score (nSPS) is 30.6. The van der Waals surface area contributed by atoms with Gasteiger partial charge in [0.2, 0.25) is 11.8 Å². The van der Waals surface area contributed by atoms with E-state index in [1.165, 1.54) is 0 Å². The number of nitrogens with zero attached hydrogens (tertiary/aromatic N) is 2. The van der Waals surface area contributed by atoms with E-state index in [9.17, 15) is 19.5 Å². The molecule has 4 rings (SSSR count). The first-order valence-corrected chi connectivity index (χ1v) is 14.1. The Morgan fingerprint density at radius 2 is 2.03 bits per heavy atom. The fourth-order valence-corrected chi connectivity index (χ4v) is 8.91. The number of carbonyl (C=O) groups excluding carboxylic acids is 3. The quantitative estimate of drug-likeness (QED) is 0.255. The van der Waals surface area contributed by atoms with E-state index in [-0.39, 0.29) is 42.2 Å². The minimum absolute atomic E-state index is 0.0473. The zero-order valence-electron chi connectivity index (χ0n) is 21.8. The van der Waals surface area contributed by atoms with Gasteiger partial charge in [0.15, 0.2) is 0 Å². The van der Waals surface area contributed by atoms with Crippen molar-refractivity contribution in [3.8, 4) is 0 Å². The van der Waals surface area contributed by atoms with Gasteiger partial charge in [-0.05, 0) is 30.7 Å². The Kier molecular flexibility index (Phi) is 8.49. The van der Waals surface area contributed by atoms with E-state index in [1.54, 1.807) is 33.7 Å². The number of ether oxygens (including phenoxy) is 1. The Hall–Kier alpha value is -2.58. The Morgan fingerprint density at radius 1 is 1.30 bits per heavy atom. The number of aliphatic hydroxyl groups excluding tert-OH is 1. The van der Waals surface area contributed by atoms with E-state index >= 15 is 0 Å². The van der Waals surface area contributed by atoms with Gasteiger partial charge < -0.3 is 19.6 Å². The minimum atomic E-state index is -0.776. The van der Waals surface area contributed by atoms with Crippen LogP contribution in [-0.2, 0) is 25.7 Å².